The van der Waals surface area contributed by atoms with Crippen LogP contribution < -0.4 is 5.73 Å². The number of aliphatic hydroxyl groups excluding tert-OH is 1. The van der Waals surface area contributed by atoms with Crippen LogP contribution in [-0.4, -0.2) is 17.8 Å². The van der Waals surface area contributed by atoms with E-state index in [1.54, 1.807) is 0 Å². The van der Waals surface area contributed by atoms with Crippen molar-refractivity contribution in [2.45, 2.75) is 38.2 Å². The number of nitrogens with two attached hydrogens (primary N) is 1. The lowest BCUT2D eigenvalue weighted by molar-refractivity contribution is 0.183. The highest BCUT2D eigenvalue weighted by Crippen LogP contribution is 2.23. The molecule has 0 spiro atoms. The molecule has 0 aliphatic heterocycles. The highest BCUT2D eigenvalue weighted by atomic mass is 16.3. The van der Waals surface area contributed by atoms with Crippen molar-refractivity contribution < 1.29 is 5.11 Å². The third kappa shape index (κ3) is 3.87. The van der Waals surface area contributed by atoms with Gasteiger partial charge < -0.3 is 10.8 Å². The highest BCUT2D eigenvalue weighted by molar-refractivity contribution is 5.37. The molecule has 2 heteroatoms. The Labute approximate surface area is 109 Å². The van der Waals surface area contributed by atoms with Crippen LogP contribution in [0.4, 0.5) is 0 Å². The third-order valence-electron chi connectivity index (χ3n) is 3.45. The first-order valence-corrected chi connectivity index (χ1v) is 6.76. The molecule has 0 amide bonds. The van der Waals surface area contributed by atoms with Crippen LogP contribution in [0.25, 0.3) is 0 Å². The van der Waals surface area contributed by atoms with Crippen molar-refractivity contribution in [3.05, 3.63) is 35.4 Å². The molecule has 1 fully saturated rings. The average Bonchev–Trinajstić information content (AvgIpc) is 2.90. The van der Waals surface area contributed by atoms with Gasteiger partial charge in [-0.15, -0.1) is 0 Å². The van der Waals surface area contributed by atoms with E-state index in [4.69, 9.17) is 5.73 Å². The molecule has 0 bridgehead atoms. The summed E-state index contributed by atoms with van der Waals surface area (Å²) in [6.45, 7) is 0.304. The fourth-order valence-corrected chi connectivity index (χ4v) is 2.39. The van der Waals surface area contributed by atoms with E-state index in [0.717, 1.165) is 11.1 Å². The summed E-state index contributed by atoms with van der Waals surface area (Å²) in [6.07, 6.45) is 5.29. The van der Waals surface area contributed by atoms with Gasteiger partial charge in [-0.3, -0.25) is 0 Å². The van der Waals surface area contributed by atoms with Gasteiger partial charge in [-0.2, -0.15) is 0 Å². The van der Waals surface area contributed by atoms with Gasteiger partial charge in [-0.1, -0.05) is 36.8 Å². The van der Waals surface area contributed by atoms with E-state index in [9.17, 15) is 5.11 Å². The van der Waals surface area contributed by atoms with Crippen molar-refractivity contribution >= 4 is 0 Å². The minimum absolute atomic E-state index is 0.304. The van der Waals surface area contributed by atoms with Gasteiger partial charge in [0.15, 0.2) is 0 Å². The van der Waals surface area contributed by atoms with E-state index in [2.05, 4.69) is 17.9 Å². The predicted octanol–water partition coefficient (Wildman–Crippen LogP) is 2.09. The molecule has 1 unspecified atom stereocenters. The molecule has 3 N–H and O–H groups in total. The van der Waals surface area contributed by atoms with Gasteiger partial charge in [0.25, 0.3) is 0 Å². The molecule has 0 heterocycles. The minimum Gasteiger partial charge on any atom is -0.391 e. The largest absolute Gasteiger partial charge is 0.391 e. The maximum Gasteiger partial charge on any atom is 0.0702 e. The molecule has 1 aliphatic rings. The topological polar surface area (TPSA) is 46.2 Å². The zero-order valence-electron chi connectivity index (χ0n) is 10.7. The summed E-state index contributed by atoms with van der Waals surface area (Å²) < 4.78 is 0. The number of aliphatic hydroxyl groups is 1. The van der Waals surface area contributed by atoms with Crippen LogP contribution in [0, 0.1) is 17.8 Å². The van der Waals surface area contributed by atoms with Crippen molar-refractivity contribution in [1.82, 2.24) is 0 Å². The van der Waals surface area contributed by atoms with Crippen LogP contribution in [0.5, 0.6) is 0 Å². The second-order valence-corrected chi connectivity index (χ2v) is 5.04. The lowest BCUT2D eigenvalue weighted by atomic mass is 10.0. The summed E-state index contributed by atoms with van der Waals surface area (Å²) in [4.78, 5) is 0. The average molecular weight is 243 g/mol. The van der Waals surface area contributed by atoms with Crippen molar-refractivity contribution in [2.75, 3.05) is 6.54 Å². The van der Waals surface area contributed by atoms with Gasteiger partial charge in [0.1, 0.15) is 0 Å². The Bertz CT molecular complexity index is 438. The molecule has 0 radical (unpaired) electrons. The number of benzene rings is 1. The summed E-state index contributed by atoms with van der Waals surface area (Å²) in [7, 11) is 0. The summed E-state index contributed by atoms with van der Waals surface area (Å²) in [5, 5.41) is 9.54. The molecule has 2 rings (SSSR count). The molecule has 0 aromatic heterocycles. The van der Waals surface area contributed by atoms with Crippen LogP contribution in [-0.2, 0) is 6.42 Å². The van der Waals surface area contributed by atoms with Crippen LogP contribution in [0.2, 0.25) is 0 Å². The molecule has 2 nitrogen and oxygen atoms in total. The van der Waals surface area contributed by atoms with Crippen molar-refractivity contribution in [2.24, 2.45) is 11.7 Å². The van der Waals surface area contributed by atoms with Crippen molar-refractivity contribution in [3.63, 3.8) is 0 Å². The first-order valence-electron chi connectivity index (χ1n) is 6.76. The third-order valence-corrected chi connectivity index (χ3v) is 3.45. The second-order valence-electron chi connectivity index (χ2n) is 5.04. The molecule has 1 aromatic carbocycles. The van der Waals surface area contributed by atoms with Crippen molar-refractivity contribution in [3.8, 4) is 11.8 Å². The second kappa shape index (κ2) is 6.58. The Morgan fingerprint density at radius 1 is 1.33 bits per heavy atom. The SMILES string of the molecule is NCC(O)Cc1cccc(C#CC2CCCC2)c1. The lowest BCUT2D eigenvalue weighted by Crippen LogP contribution is -2.21. The summed E-state index contributed by atoms with van der Waals surface area (Å²) >= 11 is 0. The zero-order valence-corrected chi connectivity index (χ0v) is 10.7. The zero-order chi connectivity index (χ0) is 12.8. The quantitative estimate of drug-likeness (QED) is 0.799. The first kappa shape index (κ1) is 13.1. The number of rotatable bonds is 3. The predicted molar refractivity (Wildman–Crippen MR) is 74.0 cm³/mol. The fourth-order valence-electron chi connectivity index (χ4n) is 2.39. The summed E-state index contributed by atoms with van der Waals surface area (Å²) in [5.41, 5.74) is 7.57. The van der Waals surface area contributed by atoms with Crippen LogP contribution >= 0.6 is 0 Å². The number of hydrogen-bond acceptors (Lipinski definition) is 2. The highest BCUT2D eigenvalue weighted by Gasteiger charge is 2.11. The van der Waals surface area contributed by atoms with E-state index in [1.165, 1.54) is 25.7 Å². The van der Waals surface area contributed by atoms with E-state index in [-0.39, 0.29) is 0 Å². The first-order chi connectivity index (χ1) is 8.78. The molecular formula is C16H21NO. The van der Waals surface area contributed by atoms with Gasteiger partial charge in [0, 0.05) is 18.0 Å². The molecule has 1 saturated carbocycles. The van der Waals surface area contributed by atoms with Crippen LogP contribution in [0.3, 0.4) is 0 Å². The van der Waals surface area contributed by atoms with E-state index < -0.39 is 6.10 Å². The minimum atomic E-state index is -0.456. The van der Waals surface area contributed by atoms with Gasteiger partial charge in [0.2, 0.25) is 0 Å². The Morgan fingerprint density at radius 2 is 2.11 bits per heavy atom. The number of hydrogen-bond donors (Lipinski definition) is 2. The molecule has 1 aliphatic carbocycles. The van der Waals surface area contributed by atoms with Gasteiger partial charge >= 0.3 is 0 Å². The molecule has 1 aromatic rings. The molecule has 1 atom stereocenters. The van der Waals surface area contributed by atoms with Crippen LogP contribution in [0.1, 0.15) is 36.8 Å². The van der Waals surface area contributed by atoms with Crippen molar-refractivity contribution in [1.29, 1.82) is 0 Å². The molecular weight excluding hydrogens is 222 g/mol. The molecule has 0 saturated heterocycles. The Kier molecular flexibility index (Phi) is 4.81. The van der Waals surface area contributed by atoms with Crippen LogP contribution in [0.15, 0.2) is 24.3 Å². The fraction of sp³-hybridized carbons (Fsp3) is 0.500. The molecule has 18 heavy (non-hydrogen) atoms. The van der Waals surface area contributed by atoms with E-state index in [1.807, 2.05) is 18.2 Å². The smallest absolute Gasteiger partial charge is 0.0702 e. The normalized spacial score (nSPS) is 17.2. The van der Waals surface area contributed by atoms with Gasteiger partial charge in [0.05, 0.1) is 6.10 Å². The standard InChI is InChI=1S/C16H21NO/c17-12-16(18)11-15-7-3-6-14(10-15)9-8-13-4-1-2-5-13/h3,6-7,10,13,16,18H,1-2,4-5,11-12,17H2. The van der Waals surface area contributed by atoms with Gasteiger partial charge in [-0.25, -0.2) is 0 Å². The Morgan fingerprint density at radius 3 is 2.83 bits per heavy atom. The van der Waals surface area contributed by atoms with Gasteiger partial charge in [-0.05, 0) is 37.0 Å². The maximum absolute atomic E-state index is 9.54. The Hall–Kier alpha value is -1.30. The van der Waals surface area contributed by atoms with E-state index >= 15 is 0 Å². The maximum atomic E-state index is 9.54. The lowest BCUT2D eigenvalue weighted by Gasteiger charge is -2.07. The van der Waals surface area contributed by atoms with E-state index in [0.29, 0.717) is 18.9 Å². The molecule has 96 valence electrons. The Balaban J connectivity index is 2.02. The summed E-state index contributed by atoms with van der Waals surface area (Å²) in [5.74, 6) is 7.20. The monoisotopic (exact) mass is 243 g/mol. The summed E-state index contributed by atoms with van der Waals surface area (Å²) in [6, 6.07) is 8.10.